The summed E-state index contributed by atoms with van der Waals surface area (Å²) in [6.07, 6.45) is -0.436. The zero-order chi connectivity index (χ0) is 23.7. The van der Waals surface area contributed by atoms with Gasteiger partial charge in [-0.15, -0.1) is 12.2 Å². The van der Waals surface area contributed by atoms with Crippen molar-refractivity contribution in [3.63, 3.8) is 0 Å². The Morgan fingerprint density at radius 2 is 1.73 bits per heavy atom. The van der Waals surface area contributed by atoms with Crippen LogP contribution in [0.5, 0.6) is 0 Å². The van der Waals surface area contributed by atoms with Gasteiger partial charge in [-0.25, -0.2) is 4.68 Å². The van der Waals surface area contributed by atoms with Crippen LogP contribution in [-0.2, 0) is 5.41 Å². The topological polar surface area (TPSA) is 87.2 Å². The third kappa shape index (κ3) is 3.12. The number of aromatic nitrogens is 2. The maximum absolute atomic E-state index is 13.3. The van der Waals surface area contributed by atoms with Crippen LogP contribution < -0.4 is 20.7 Å². The minimum absolute atomic E-state index is 0.294. The monoisotopic (exact) mass is 443 g/mol. The van der Waals surface area contributed by atoms with E-state index in [1.54, 1.807) is 6.92 Å². The maximum atomic E-state index is 13.3. The lowest BCUT2D eigenvalue weighted by molar-refractivity contribution is -0.543. The van der Waals surface area contributed by atoms with Crippen molar-refractivity contribution in [2.24, 2.45) is 5.92 Å². The number of likely N-dealkylation sites (N-methyl/N-ethyl adjacent to an activating group) is 1. The molecule has 2 aromatic carbocycles. The zero-order valence-electron chi connectivity index (χ0n) is 19.6. The largest absolute Gasteiger partial charge is 0.851 e. The van der Waals surface area contributed by atoms with Crippen LogP contribution in [0.2, 0.25) is 0 Å². The van der Waals surface area contributed by atoms with Gasteiger partial charge < -0.3 is 15.1 Å². The zero-order valence-corrected chi connectivity index (χ0v) is 19.6. The summed E-state index contributed by atoms with van der Waals surface area (Å²) in [6.45, 7) is 7.96. The van der Waals surface area contributed by atoms with Gasteiger partial charge in [-0.1, -0.05) is 50.3 Å². The number of H-pyrrole nitrogens is 1. The first-order valence-corrected chi connectivity index (χ1v) is 11.4. The molecule has 5 rings (SSSR count). The van der Waals surface area contributed by atoms with E-state index in [4.69, 9.17) is 0 Å². The third-order valence-corrected chi connectivity index (χ3v) is 7.47. The average Bonchev–Trinajstić information content (AvgIpc) is 3.17. The van der Waals surface area contributed by atoms with Crippen LogP contribution >= 0.6 is 0 Å². The number of hydrogen-bond donors (Lipinski definition) is 1. The number of benzene rings is 2. The minimum atomic E-state index is -1.15. The summed E-state index contributed by atoms with van der Waals surface area (Å²) in [4.78, 5) is 15.3. The minimum Gasteiger partial charge on any atom is -0.851 e. The van der Waals surface area contributed by atoms with Gasteiger partial charge in [-0.05, 0) is 55.0 Å². The summed E-state index contributed by atoms with van der Waals surface area (Å²) in [5.74, 6) is -1.51. The van der Waals surface area contributed by atoms with E-state index < -0.39 is 24.0 Å². The lowest BCUT2D eigenvalue weighted by Gasteiger charge is -2.60. The first kappa shape index (κ1) is 21.7. The molecular formula is C27H29N3O3-2. The second-order valence-corrected chi connectivity index (χ2v) is 9.92. The van der Waals surface area contributed by atoms with Gasteiger partial charge in [-0.3, -0.25) is 9.89 Å². The Morgan fingerprint density at radius 3 is 2.39 bits per heavy atom. The third-order valence-electron chi connectivity index (χ3n) is 7.47. The molecule has 2 aliphatic rings. The van der Waals surface area contributed by atoms with Crippen LogP contribution in [0.3, 0.4) is 0 Å². The molecule has 6 nitrogen and oxygen atoms in total. The van der Waals surface area contributed by atoms with E-state index >= 15 is 0 Å². The molecule has 172 valence electrons. The summed E-state index contributed by atoms with van der Waals surface area (Å²) in [5.41, 5.74) is 5.29. The molecule has 2 heterocycles. The highest BCUT2D eigenvalue weighted by Gasteiger charge is 2.43. The molecule has 1 aromatic heterocycles. The average molecular weight is 444 g/mol. The summed E-state index contributed by atoms with van der Waals surface area (Å²) >= 11 is 0. The fourth-order valence-electron chi connectivity index (χ4n) is 5.61. The number of allylic oxidation sites excluding steroid dienone is 1. The molecule has 3 aromatic rings. The summed E-state index contributed by atoms with van der Waals surface area (Å²) in [6, 6.07) is 15.7. The summed E-state index contributed by atoms with van der Waals surface area (Å²) in [7, 11) is 1.98. The van der Waals surface area contributed by atoms with E-state index in [0.717, 1.165) is 16.9 Å². The van der Waals surface area contributed by atoms with Crippen LogP contribution in [0.25, 0.3) is 5.69 Å². The molecule has 2 atom stereocenters. The van der Waals surface area contributed by atoms with Gasteiger partial charge in [0.2, 0.25) is 0 Å². The van der Waals surface area contributed by atoms with E-state index in [1.807, 2.05) is 56.4 Å². The van der Waals surface area contributed by atoms with Crippen LogP contribution in [0.15, 0.2) is 65.1 Å². The Kier molecular flexibility index (Phi) is 4.92. The Bertz CT molecular complexity index is 1310. The fourth-order valence-corrected chi connectivity index (χ4v) is 5.61. The first-order chi connectivity index (χ1) is 15.6. The Hall–Kier alpha value is -3.09. The number of fused-ring (bicyclic) bond motifs is 1. The summed E-state index contributed by atoms with van der Waals surface area (Å²) in [5, 5.41) is 29.7. The molecule has 0 spiro atoms. The first-order valence-electron chi connectivity index (χ1n) is 11.4. The second-order valence-electron chi connectivity index (χ2n) is 9.92. The lowest BCUT2D eigenvalue weighted by Crippen LogP contribution is -2.65. The number of nitrogens with zero attached hydrogens (tertiary/aromatic N) is 2. The Balaban J connectivity index is 1.47. The van der Waals surface area contributed by atoms with Crippen molar-refractivity contribution in [2.75, 3.05) is 11.9 Å². The van der Waals surface area contributed by atoms with E-state index in [9.17, 15) is 15.0 Å². The number of hydrogen-bond acceptors (Lipinski definition) is 4. The highest BCUT2D eigenvalue weighted by atomic mass is 16.3. The predicted molar refractivity (Wildman–Crippen MR) is 126 cm³/mol. The number of rotatable bonds is 3. The van der Waals surface area contributed by atoms with Gasteiger partial charge >= 0.3 is 0 Å². The molecular weight excluding hydrogens is 414 g/mol. The highest BCUT2D eigenvalue weighted by Crippen LogP contribution is 2.49. The van der Waals surface area contributed by atoms with Crippen molar-refractivity contribution < 1.29 is 10.2 Å². The van der Waals surface area contributed by atoms with E-state index in [-0.39, 0.29) is 11.0 Å². The van der Waals surface area contributed by atoms with Gasteiger partial charge in [-0.2, -0.15) is 0 Å². The number of aryl methyl sites for hydroxylation is 2. The molecule has 2 unspecified atom stereocenters. The molecule has 1 N–H and O–H groups in total. The van der Waals surface area contributed by atoms with E-state index in [1.165, 1.54) is 10.2 Å². The fraction of sp³-hybridized carbons (Fsp3) is 0.370. The molecule has 33 heavy (non-hydrogen) atoms. The highest BCUT2D eigenvalue weighted by molar-refractivity contribution is 5.69. The number of aromatic amines is 1. The van der Waals surface area contributed by atoms with Gasteiger partial charge in [0.25, 0.3) is 5.56 Å². The Labute approximate surface area is 193 Å². The van der Waals surface area contributed by atoms with Gasteiger partial charge in [0.05, 0.1) is 5.69 Å². The van der Waals surface area contributed by atoms with Gasteiger partial charge in [0, 0.05) is 35.1 Å². The smallest absolute Gasteiger partial charge is 0.274 e. The molecule has 0 bridgehead atoms. The molecule has 1 saturated carbocycles. The molecule has 1 aliphatic heterocycles. The van der Waals surface area contributed by atoms with Crippen LogP contribution in [0.1, 0.15) is 42.1 Å². The molecule has 0 amide bonds. The van der Waals surface area contributed by atoms with Crippen LogP contribution in [0.4, 0.5) is 5.69 Å². The quantitative estimate of drug-likeness (QED) is 0.673. The van der Waals surface area contributed by atoms with Crippen molar-refractivity contribution in [1.29, 1.82) is 0 Å². The second kappa shape index (κ2) is 7.47. The van der Waals surface area contributed by atoms with E-state index in [0.29, 0.717) is 16.9 Å². The number of anilines is 1. The number of nitrogens with one attached hydrogen (secondary N) is 1. The standard InChI is InChI=1S/C27H29N3O3/c1-15-9-8-10-17(13-15)30-26(33)22(16(2)28-30)23-24(31)18(25(23)32)14-21-27(3,4)19-11-6-7-12-20(19)29(21)5/h6-14,18,23-25,28H,1-5H3/q-2. The normalized spacial score (nSPS) is 27.0. The van der Waals surface area contributed by atoms with E-state index in [2.05, 4.69) is 36.0 Å². The van der Waals surface area contributed by atoms with Crippen molar-refractivity contribution in [1.82, 2.24) is 9.78 Å². The molecule has 0 saturated heterocycles. The van der Waals surface area contributed by atoms with Gasteiger partial charge in [0.15, 0.2) is 0 Å². The molecule has 1 aliphatic carbocycles. The Morgan fingerprint density at radius 1 is 1.03 bits per heavy atom. The summed E-state index contributed by atoms with van der Waals surface area (Å²) < 4.78 is 1.44. The van der Waals surface area contributed by atoms with Crippen LogP contribution in [0, 0.1) is 19.8 Å². The predicted octanol–water partition coefficient (Wildman–Crippen LogP) is 2.27. The molecule has 0 radical (unpaired) electrons. The lowest BCUT2D eigenvalue weighted by atomic mass is 9.65. The maximum Gasteiger partial charge on any atom is 0.274 e. The molecule has 6 heteroatoms. The molecule has 1 fully saturated rings. The number of para-hydroxylation sites is 1. The van der Waals surface area contributed by atoms with Crippen molar-refractivity contribution in [2.45, 2.75) is 51.2 Å². The van der Waals surface area contributed by atoms with Crippen LogP contribution in [-0.4, -0.2) is 29.0 Å². The van der Waals surface area contributed by atoms with Gasteiger partial charge in [0.1, 0.15) is 0 Å². The SMILES string of the molecule is Cc1cccc(-n2[nH]c(C)c(C3C([O-])C(C=C4N(C)c5ccccc5C4(C)C)C3[O-])c2=O)c1. The van der Waals surface area contributed by atoms with Crippen molar-refractivity contribution in [3.05, 3.63) is 93.0 Å². The van der Waals surface area contributed by atoms with Crippen molar-refractivity contribution >= 4 is 5.69 Å². The van der Waals surface area contributed by atoms with Crippen molar-refractivity contribution in [3.8, 4) is 5.69 Å².